The summed E-state index contributed by atoms with van der Waals surface area (Å²) >= 11 is 0. The molecule has 7 nitrogen and oxygen atoms in total. The molecule has 7 heteroatoms. The average Bonchev–Trinajstić information content (AvgIpc) is 2.92. The Hall–Kier alpha value is -4.13. The van der Waals surface area contributed by atoms with Gasteiger partial charge >= 0.3 is 6.09 Å². The Kier molecular flexibility index (Phi) is 7.68. The van der Waals surface area contributed by atoms with E-state index in [4.69, 9.17) is 4.74 Å². The van der Waals surface area contributed by atoms with Crippen LogP contribution in [0.15, 0.2) is 79.1 Å². The molecule has 0 saturated carbocycles. The van der Waals surface area contributed by atoms with Gasteiger partial charge in [0.15, 0.2) is 0 Å². The highest BCUT2D eigenvalue weighted by molar-refractivity contribution is 5.91. The number of nitrogens with one attached hydrogen (secondary N) is 1. The Morgan fingerprint density at radius 1 is 1.03 bits per heavy atom. The molecule has 1 saturated heterocycles. The molecule has 1 atom stereocenters. The van der Waals surface area contributed by atoms with Crippen LogP contribution in [0.5, 0.6) is 0 Å². The molecule has 1 N–H and O–H groups in total. The van der Waals surface area contributed by atoms with Crippen molar-refractivity contribution in [2.75, 3.05) is 23.3 Å². The average molecular weight is 524 g/mol. The molecular formula is C32H37N5O2. The maximum atomic E-state index is 13.0. The molecule has 0 spiro atoms. The lowest BCUT2D eigenvalue weighted by molar-refractivity contribution is 0.0197. The first-order valence-electron chi connectivity index (χ1n) is 13.6. The van der Waals surface area contributed by atoms with Gasteiger partial charge < -0.3 is 19.9 Å². The quantitative estimate of drug-likeness (QED) is 0.291. The van der Waals surface area contributed by atoms with Crippen LogP contribution in [0.1, 0.15) is 44.9 Å². The lowest BCUT2D eigenvalue weighted by Crippen LogP contribution is -2.51. The molecule has 1 fully saturated rings. The van der Waals surface area contributed by atoms with E-state index in [-0.39, 0.29) is 12.1 Å². The van der Waals surface area contributed by atoms with Crippen molar-refractivity contribution in [1.82, 2.24) is 14.9 Å². The van der Waals surface area contributed by atoms with E-state index in [2.05, 4.69) is 62.6 Å². The normalized spacial score (nSPS) is 15.7. The number of fused-ring (bicyclic) bond motifs is 1. The van der Waals surface area contributed by atoms with Gasteiger partial charge in [0.05, 0.1) is 5.52 Å². The van der Waals surface area contributed by atoms with E-state index >= 15 is 0 Å². The lowest BCUT2D eigenvalue weighted by atomic mass is 10.0. The van der Waals surface area contributed by atoms with Crippen LogP contribution in [0.4, 0.5) is 21.9 Å². The number of rotatable bonds is 6. The summed E-state index contributed by atoms with van der Waals surface area (Å²) in [5.74, 6) is 0. The molecule has 1 unspecified atom stereocenters. The second kappa shape index (κ2) is 11.3. The zero-order valence-corrected chi connectivity index (χ0v) is 23.2. The number of nitrogens with zero attached hydrogens (tertiary/aromatic N) is 4. The number of carbonyl (C=O) groups is 1. The maximum Gasteiger partial charge on any atom is 0.410 e. The molecule has 3 heterocycles. The number of carbonyl (C=O) groups excluding carboxylic acids is 1. The van der Waals surface area contributed by atoms with E-state index in [1.807, 2.05) is 69.3 Å². The number of hydrogen-bond donors (Lipinski definition) is 1. The monoisotopic (exact) mass is 523 g/mol. The number of aryl methyl sites for hydroxylation is 1. The fourth-order valence-electron chi connectivity index (χ4n) is 5.12. The van der Waals surface area contributed by atoms with E-state index in [0.717, 1.165) is 53.0 Å². The minimum Gasteiger partial charge on any atom is -0.444 e. The Balaban J connectivity index is 1.42. The number of anilines is 3. The van der Waals surface area contributed by atoms with Crippen molar-refractivity contribution in [3.63, 3.8) is 0 Å². The van der Waals surface area contributed by atoms with Gasteiger partial charge in [-0.1, -0.05) is 30.3 Å². The van der Waals surface area contributed by atoms with Gasteiger partial charge in [0, 0.05) is 66.2 Å². The second-order valence-electron chi connectivity index (χ2n) is 11.2. The zero-order valence-electron chi connectivity index (χ0n) is 23.2. The smallest absolute Gasteiger partial charge is 0.410 e. The molecule has 2 aromatic carbocycles. The van der Waals surface area contributed by atoms with Gasteiger partial charge in [0.1, 0.15) is 5.60 Å². The third kappa shape index (κ3) is 6.66. The SMILES string of the molecule is Cc1cc(Nc2ccc(CN(c3ccnc4ccccc34)C3CCCN(C(=O)OC(C)(C)C)C3)cc2)ccn1. The van der Waals surface area contributed by atoms with E-state index in [9.17, 15) is 4.79 Å². The molecular weight excluding hydrogens is 486 g/mol. The maximum absolute atomic E-state index is 13.0. The first-order chi connectivity index (χ1) is 18.7. The fraction of sp³-hybridized carbons (Fsp3) is 0.344. The van der Waals surface area contributed by atoms with Crippen molar-refractivity contribution >= 4 is 34.1 Å². The summed E-state index contributed by atoms with van der Waals surface area (Å²) in [7, 11) is 0. The van der Waals surface area contributed by atoms with E-state index < -0.39 is 5.60 Å². The largest absolute Gasteiger partial charge is 0.444 e. The van der Waals surface area contributed by atoms with E-state index in [1.54, 1.807) is 0 Å². The molecule has 1 amide bonds. The summed E-state index contributed by atoms with van der Waals surface area (Å²) in [6.07, 6.45) is 5.37. The molecule has 0 aliphatic carbocycles. The highest BCUT2D eigenvalue weighted by atomic mass is 16.6. The Morgan fingerprint density at radius 3 is 2.56 bits per heavy atom. The zero-order chi connectivity index (χ0) is 27.4. The predicted molar refractivity (Wildman–Crippen MR) is 157 cm³/mol. The lowest BCUT2D eigenvalue weighted by Gasteiger charge is -2.41. The standard InChI is InChI=1S/C32H37N5O2/c1-23-20-26(15-17-33-23)35-25-13-11-24(12-14-25)21-37(30-16-18-34-29-10-6-5-9-28(29)30)27-8-7-19-36(22-27)31(38)39-32(2,3)4/h5-6,9-18,20,27H,7-8,19,21-22H2,1-4H3,(H,33,35). The number of aromatic nitrogens is 2. The summed E-state index contributed by atoms with van der Waals surface area (Å²) in [4.78, 5) is 26.1. The number of likely N-dealkylation sites (tertiary alicyclic amines) is 1. The van der Waals surface area contributed by atoms with Crippen molar-refractivity contribution in [3.8, 4) is 0 Å². The molecule has 4 aromatic rings. The third-order valence-electron chi connectivity index (χ3n) is 6.92. The van der Waals surface area contributed by atoms with Crippen LogP contribution in [0.25, 0.3) is 10.9 Å². The molecule has 5 rings (SSSR count). The van der Waals surface area contributed by atoms with Crippen molar-refractivity contribution in [1.29, 1.82) is 0 Å². The number of pyridine rings is 2. The molecule has 0 bridgehead atoms. The van der Waals surface area contributed by atoms with Gasteiger partial charge in [0.2, 0.25) is 0 Å². The number of amides is 1. The van der Waals surface area contributed by atoms with Gasteiger partial charge in [-0.25, -0.2) is 4.79 Å². The molecule has 39 heavy (non-hydrogen) atoms. The van der Waals surface area contributed by atoms with Crippen LogP contribution in [-0.2, 0) is 11.3 Å². The summed E-state index contributed by atoms with van der Waals surface area (Å²) in [5.41, 5.74) is 5.80. The van der Waals surface area contributed by atoms with Crippen LogP contribution >= 0.6 is 0 Å². The van der Waals surface area contributed by atoms with Gasteiger partial charge in [-0.2, -0.15) is 0 Å². The van der Waals surface area contributed by atoms with Crippen molar-refractivity contribution in [2.45, 2.75) is 58.7 Å². The van der Waals surface area contributed by atoms with E-state index in [1.165, 1.54) is 5.56 Å². The van der Waals surface area contributed by atoms with Crippen LogP contribution < -0.4 is 10.2 Å². The van der Waals surface area contributed by atoms with Crippen LogP contribution in [0.2, 0.25) is 0 Å². The summed E-state index contributed by atoms with van der Waals surface area (Å²) in [5, 5.41) is 4.57. The second-order valence-corrected chi connectivity index (χ2v) is 11.2. The number of hydrogen-bond acceptors (Lipinski definition) is 6. The highest BCUT2D eigenvalue weighted by Gasteiger charge is 2.31. The first-order valence-corrected chi connectivity index (χ1v) is 13.6. The summed E-state index contributed by atoms with van der Waals surface area (Å²) in [6.45, 7) is 9.77. The Labute approximate surface area is 230 Å². The molecule has 2 aromatic heterocycles. The fourth-order valence-corrected chi connectivity index (χ4v) is 5.12. The number of ether oxygens (including phenoxy) is 1. The number of para-hydroxylation sites is 1. The summed E-state index contributed by atoms with van der Waals surface area (Å²) in [6, 6.07) is 23.1. The van der Waals surface area contributed by atoms with Gasteiger partial charge in [-0.3, -0.25) is 9.97 Å². The molecule has 1 aliphatic rings. The van der Waals surface area contributed by atoms with Crippen LogP contribution in [0, 0.1) is 6.92 Å². The van der Waals surface area contributed by atoms with Crippen LogP contribution in [0.3, 0.4) is 0 Å². The molecule has 202 valence electrons. The van der Waals surface area contributed by atoms with Gasteiger partial charge in [-0.15, -0.1) is 0 Å². The minimum absolute atomic E-state index is 0.148. The minimum atomic E-state index is -0.518. The Morgan fingerprint density at radius 2 is 1.79 bits per heavy atom. The number of piperidine rings is 1. The van der Waals surface area contributed by atoms with Gasteiger partial charge in [0.25, 0.3) is 0 Å². The topological polar surface area (TPSA) is 70.6 Å². The number of benzene rings is 2. The Bertz CT molecular complexity index is 1430. The highest BCUT2D eigenvalue weighted by Crippen LogP contribution is 2.32. The third-order valence-corrected chi connectivity index (χ3v) is 6.92. The first kappa shape index (κ1) is 26.5. The van der Waals surface area contributed by atoms with Crippen molar-refractivity contribution in [2.24, 2.45) is 0 Å². The van der Waals surface area contributed by atoms with E-state index in [0.29, 0.717) is 13.1 Å². The molecule has 1 aliphatic heterocycles. The van der Waals surface area contributed by atoms with Crippen molar-refractivity contribution in [3.05, 3.63) is 90.4 Å². The van der Waals surface area contributed by atoms with Crippen molar-refractivity contribution < 1.29 is 9.53 Å². The molecule has 0 radical (unpaired) electrons. The summed E-state index contributed by atoms with van der Waals surface area (Å²) < 4.78 is 5.72. The van der Waals surface area contributed by atoms with Crippen LogP contribution in [-0.4, -0.2) is 45.7 Å². The predicted octanol–water partition coefficient (Wildman–Crippen LogP) is 7.09. The van der Waals surface area contributed by atoms with Gasteiger partial charge in [-0.05, 0) is 82.5 Å².